The van der Waals surface area contributed by atoms with E-state index in [0.29, 0.717) is 12.2 Å². The van der Waals surface area contributed by atoms with Crippen molar-refractivity contribution in [1.29, 1.82) is 0 Å². The number of carbonyl (C=O) groups is 1. The topological polar surface area (TPSA) is 38.3 Å². The van der Waals surface area contributed by atoms with E-state index in [0.717, 1.165) is 12.8 Å². The molecule has 1 atom stereocenters. The van der Waals surface area contributed by atoms with Crippen LogP contribution in [0.5, 0.6) is 0 Å². The first-order chi connectivity index (χ1) is 7.77. The Kier molecular flexibility index (Phi) is 5.57. The average Bonchev–Trinajstić information content (AvgIpc) is 2.31. The number of methoxy groups -OCH3 is 1. The van der Waals surface area contributed by atoms with Crippen LogP contribution in [0.25, 0.3) is 0 Å². The lowest BCUT2D eigenvalue weighted by atomic mass is 10.1. The zero-order valence-corrected chi connectivity index (χ0v) is 9.90. The molecule has 16 heavy (non-hydrogen) atoms. The summed E-state index contributed by atoms with van der Waals surface area (Å²) in [5.41, 5.74) is 0.694. The van der Waals surface area contributed by atoms with Gasteiger partial charge in [0.2, 0.25) is 0 Å². The van der Waals surface area contributed by atoms with Gasteiger partial charge in [-0.2, -0.15) is 0 Å². The summed E-state index contributed by atoms with van der Waals surface area (Å²) in [5.74, 6) is -0.0314. The van der Waals surface area contributed by atoms with Crippen molar-refractivity contribution in [3.63, 3.8) is 0 Å². The third-order valence-electron chi connectivity index (χ3n) is 2.38. The number of ether oxygens (including phenoxy) is 1. The van der Waals surface area contributed by atoms with Gasteiger partial charge in [0, 0.05) is 12.7 Å². The molecule has 0 saturated carbocycles. The van der Waals surface area contributed by atoms with E-state index in [2.05, 4.69) is 12.2 Å². The van der Waals surface area contributed by atoms with E-state index in [4.69, 9.17) is 4.74 Å². The Morgan fingerprint density at radius 2 is 2.06 bits per heavy atom. The summed E-state index contributed by atoms with van der Waals surface area (Å²) in [7, 11) is 1.65. The predicted octanol–water partition coefficient (Wildman–Crippen LogP) is 2.23. The molecule has 1 N–H and O–H groups in total. The lowest BCUT2D eigenvalue weighted by Crippen LogP contribution is -2.37. The van der Waals surface area contributed by atoms with Crippen molar-refractivity contribution in [3.05, 3.63) is 35.9 Å². The fourth-order valence-electron chi connectivity index (χ4n) is 1.61. The van der Waals surface area contributed by atoms with Crippen molar-refractivity contribution in [2.75, 3.05) is 13.7 Å². The molecule has 88 valence electrons. The molecular weight excluding hydrogens is 202 g/mol. The van der Waals surface area contributed by atoms with Crippen molar-refractivity contribution < 1.29 is 9.53 Å². The number of amides is 1. The molecule has 1 aromatic rings. The molecule has 0 saturated heterocycles. The molecule has 0 aliphatic rings. The molecule has 1 aromatic carbocycles. The van der Waals surface area contributed by atoms with Gasteiger partial charge in [-0.1, -0.05) is 31.5 Å². The van der Waals surface area contributed by atoms with Gasteiger partial charge in [-0.3, -0.25) is 4.79 Å². The van der Waals surface area contributed by atoms with Gasteiger partial charge >= 0.3 is 0 Å². The van der Waals surface area contributed by atoms with Crippen LogP contribution in [0.1, 0.15) is 30.1 Å². The molecule has 0 aliphatic heterocycles. The van der Waals surface area contributed by atoms with Crippen molar-refractivity contribution in [2.24, 2.45) is 0 Å². The number of hydrogen-bond donors (Lipinski definition) is 1. The van der Waals surface area contributed by atoms with Gasteiger partial charge in [0.15, 0.2) is 0 Å². The monoisotopic (exact) mass is 221 g/mol. The van der Waals surface area contributed by atoms with Gasteiger partial charge in [-0.05, 0) is 18.6 Å². The number of hydrogen-bond acceptors (Lipinski definition) is 2. The van der Waals surface area contributed by atoms with E-state index < -0.39 is 0 Å². The largest absolute Gasteiger partial charge is 0.383 e. The Balaban J connectivity index is 2.54. The summed E-state index contributed by atoms with van der Waals surface area (Å²) < 4.78 is 5.08. The Morgan fingerprint density at radius 3 is 2.62 bits per heavy atom. The quantitative estimate of drug-likeness (QED) is 0.800. The summed E-state index contributed by atoms with van der Waals surface area (Å²) in [6, 6.07) is 9.34. The molecule has 0 spiro atoms. The summed E-state index contributed by atoms with van der Waals surface area (Å²) in [6.45, 7) is 2.66. The summed E-state index contributed by atoms with van der Waals surface area (Å²) in [4.78, 5) is 11.8. The summed E-state index contributed by atoms with van der Waals surface area (Å²) in [6.07, 6.45) is 1.97. The number of carbonyl (C=O) groups excluding carboxylic acids is 1. The van der Waals surface area contributed by atoms with Crippen LogP contribution in [0, 0.1) is 0 Å². The molecule has 3 nitrogen and oxygen atoms in total. The zero-order chi connectivity index (χ0) is 11.8. The van der Waals surface area contributed by atoms with Gasteiger partial charge in [-0.15, -0.1) is 0 Å². The zero-order valence-electron chi connectivity index (χ0n) is 9.90. The SMILES string of the molecule is CCC[C@@H](COC)NC(=O)c1ccccc1. The van der Waals surface area contributed by atoms with Gasteiger partial charge in [0.05, 0.1) is 12.6 Å². The van der Waals surface area contributed by atoms with Crippen LogP contribution in [0.4, 0.5) is 0 Å². The first kappa shape index (κ1) is 12.7. The fourth-order valence-corrected chi connectivity index (χ4v) is 1.61. The number of rotatable bonds is 6. The van der Waals surface area contributed by atoms with E-state index in [-0.39, 0.29) is 11.9 Å². The third-order valence-corrected chi connectivity index (χ3v) is 2.38. The molecule has 1 rings (SSSR count). The van der Waals surface area contributed by atoms with Crippen LogP contribution >= 0.6 is 0 Å². The molecular formula is C13H19NO2. The molecule has 0 aliphatic carbocycles. The minimum absolute atomic E-state index is 0.0314. The van der Waals surface area contributed by atoms with Crippen LogP contribution in [-0.4, -0.2) is 25.7 Å². The molecule has 1 amide bonds. The molecule has 3 heteroatoms. The highest BCUT2D eigenvalue weighted by Gasteiger charge is 2.12. The second-order valence-electron chi connectivity index (χ2n) is 3.78. The number of benzene rings is 1. The van der Waals surface area contributed by atoms with Crippen LogP contribution in [0.15, 0.2) is 30.3 Å². The van der Waals surface area contributed by atoms with Crippen molar-refractivity contribution in [2.45, 2.75) is 25.8 Å². The fraction of sp³-hybridized carbons (Fsp3) is 0.462. The third kappa shape index (κ3) is 4.03. The normalized spacial score (nSPS) is 12.1. The standard InChI is InChI=1S/C13H19NO2/c1-3-7-12(10-16-2)14-13(15)11-8-5-4-6-9-11/h4-6,8-9,12H,3,7,10H2,1-2H3,(H,14,15)/t12-/m0/s1. The van der Waals surface area contributed by atoms with E-state index >= 15 is 0 Å². The molecule has 0 unspecified atom stereocenters. The maximum Gasteiger partial charge on any atom is 0.251 e. The molecule has 0 fully saturated rings. The predicted molar refractivity (Wildman–Crippen MR) is 64.5 cm³/mol. The highest BCUT2D eigenvalue weighted by molar-refractivity contribution is 5.94. The average molecular weight is 221 g/mol. The molecule has 0 bridgehead atoms. The molecule has 0 radical (unpaired) electrons. The van der Waals surface area contributed by atoms with Gasteiger partial charge in [-0.25, -0.2) is 0 Å². The summed E-state index contributed by atoms with van der Waals surface area (Å²) >= 11 is 0. The van der Waals surface area contributed by atoms with E-state index in [1.807, 2.05) is 30.3 Å². The van der Waals surface area contributed by atoms with Crippen LogP contribution in [-0.2, 0) is 4.74 Å². The van der Waals surface area contributed by atoms with E-state index in [1.54, 1.807) is 7.11 Å². The molecule has 0 aromatic heterocycles. The number of nitrogens with one attached hydrogen (secondary N) is 1. The highest BCUT2D eigenvalue weighted by atomic mass is 16.5. The van der Waals surface area contributed by atoms with Crippen molar-refractivity contribution in [1.82, 2.24) is 5.32 Å². The first-order valence-electron chi connectivity index (χ1n) is 5.62. The highest BCUT2D eigenvalue weighted by Crippen LogP contribution is 2.02. The Bertz CT molecular complexity index is 305. The van der Waals surface area contributed by atoms with Crippen LogP contribution < -0.4 is 5.32 Å². The Hall–Kier alpha value is -1.35. The lowest BCUT2D eigenvalue weighted by molar-refractivity contribution is 0.0891. The first-order valence-corrected chi connectivity index (χ1v) is 5.62. The minimum Gasteiger partial charge on any atom is -0.383 e. The maximum atomic E-state index is 11.8. The Labute approximate surface area is 96.8 Å². The second-order valence-corrected chi connectivity index (χ2v) is 3.78. The van der Waals surface area contributed by atoms with Crippen LogP contribution in [0.2, 0.25) is 0 Å². The van der Waals surface area contributed by atoms with Gasteiger partial charge in [0.25, 0.3) is 5.91 Å². The minimum atomic E-state index is -0.0314. The second kappa shape index (κ2) is 7.01. The van der Waals surface area contributed by atoms with E-state index in [1.165, 1.54) is 0 Å². The lowest BCUT2D eigenvalue weighted by Gasteiger charge is -2.17. The smallest absolute Gasteiger partial charge is 0.251 e. The van der Waals surface area contributed by atoms with Crippen molar-refractivity contribution >= 4 is 5.91 Å². The molecule has 0 heterocycles. The van der Waals surface area contributed by atoms with E-state index in [9.17, 15) is 4.79 Å². The van der Waals surface area contributed by atoms with Gasteiger partial charge in [0.1, 0.15) is 0 Å². The van der Waals surface area contributed by atoms with Gasteiger partial charge < -0.3 is 10.1 Å². The maximum absolute atomic E-state index is 11.8. The van der Waals surface area contributed by atoms with Crippen molar-refractivity contribution in [3.8, 4) is 0 Å². The summed E-state index contributed by atoms with van der Waals surface area (Å²) in [5, 5.41) is 2.97. The van der Waals surface area contributed by atoms with Crippen LogP contribution in [0.3, 0.4) is 0 Å². The Morgan fingerprint density at radius 1 is 1.38 bits per heavy atom.